The summed E-state index contributed by atoms with van der Waals surface area (Å²) in [6.07, 6.45) is 16.0. The minimum absolute atomic E-state index is 0.333. The molecule has 1 saturated heterocycles. The van der Waals surface area contributed by atoms with E-state index in [1.54, 1.807) is 0 Å². The Balaban J connectivity index is 1.79. The van der Waals surface area contributed by atoms with E-state index in [9.17, 15) is 0 Å². The lowest BCUT2D eigenvalue weighted by atomic mass is 9.91. The molecule has 2 unspecified atom stereocenters. The first-order chi connectivity index (χ1) is 7.37. The van der Waals surface area contributed by atoms with E-state index in [-0.39, 0.29) is 0 Å². The number of rotatable bonds is 1. The maximum Gasteiger partial charge on any atom is 0.0945 e. The highest BCUT2D eigenvalue weighted by Gasteiger charge is 2.53. The van der Waals surface area contributed by atoms with Gasteiger partial charge in [-0.3, -0.25) is 0 Å². The molecule has 15 heavy (non-hydrogen) atoms. The topological polar surface area (TPSA) is 12.5 Å². The monoisotopic (exact) mass is 210 g/mol. The second-order valence-electron chi connectivity index (χ2n) is 5.39. The van der Waals surface area contributed by atoms with Gasteiger partial charge in [-0.1, -0.05) is 58.3 Å². The van der Waals surface area contributed by atoms with Crippen molar-refractivity contribution in [2.24, 2.45) is 0 Å². The van der Waals surface area contributed by atoms with Crippen molar-refractivity contribution in [3.63, 3.8) is 0 Å². The van der Waals surface area contributed by atoms with Gasteiger partial charge in [0.05, 0.1) is 11.7 Å². The van der Waals surface area contributed by atoms with Crippen LogP contribution in [0.2, 0.25) is 0 Å². The number of fused-ring (bicyclic) bond motifs is 1. The Morgan fingerprint density at radius 2 is 1.53 bits per heavy atom. The van der Waals surface area contributed by atoms with Gasteiger partial charge in [0.15, 0.2) is 0 Å². The summed E-state index contributed by atoms with van der Waals surface area (Å²) >= 11 is 0. The molecule has 1 aliphatic carbocycles. The van der Waals surface area contributed by atoms with Crippen LogP contribution in [0.15, 0.2) is 0 Å². The summed E-state index contributed by atoms with van der Waals surface area (Å²) in [4.78, 5) is 0. The Morgan fingerprint density at radius 1 is 0.933 bits per heavy atom. The molecular formula is C14H26O. The van der Waals surface area contributed by atoms with Crippen LogP contribution >= 0.6 is 0 Å². The van der Waals surface area contributed by atoms with E-state index in [0.29, 0.717) is 11.7 Å². The summed E-state index contributed by atoms with van der Waals surface area (Å²) in [5.74, 6) is 0. The number of ether oxygens (including phenoxy) is 1. The molecule has 1 saturated carbocycles. The summed E-state index contributed by atoms with van der Waals surface area (Å²) in [7, 11) is 0. The van der Waals surface area contributed by atoms with Crippen molar-refractivity contribution in [1.82, 2.24) is 0 Å². The zero-order valence-corrected chi connectivity index (χ0v) is 10.3. The molecule has 1 heterocycles. The predicted molar refractivity (Wildman–Crippen MR) is 64.1 cm³/mol. The average molecular weight is 210 g/mol. The first-order valence-electron chi connectivity index (χ1n) is 7.05. The second-order valence-corrected chi connectivity index (χ2v) is 5.39. The molecule has 0 N–H and O–H groups in total. The smallest absolute Gasteiger partial charge is 0.0945 e. The molecule has 0 amide bonds. The quantitative estimate of drug-likeness (QED) is 0.583. The van der Waals surface area contributed by atoms with E-state index in [4.69, 9.17) is 4.74 Å². The minimum atomic E-state index is 0.333. The third-order valence-electron chi connectivity index (χ3n) is 4.32. The lowest BCUT2D eigenvalue weighted by molar-refractivity contribution is 0.265. The Kier molecular flexibility index (Phi) is 4.07. The molecule has 1 aliphatic heterocycles. The van der Waals surface area contributed by atoms with Gasteiger partial charge in [0.2, 0.25) is 0 Å². The zero-order chi connectivity index (χ0) is 10.6. The summed E-state index contributed by atoms with van der Waals surface area (Å²) in [5.41, 5.74) is 0.333. The molecule has 1 heteroatoms. The SMILES string of the molecule is CCC12CCCCCCCCCCC1O2. The first kappa shape index (κ1) is 11.4. The molecule has 2 atom stereocenters. The minimum Gasteiger partial charge on any atom is -0.366 e. The number of hydrogen-bond acceptors (Lipinski definition) is 1. The van der Waals surface area contributed by atoms with Gasteiger partial charge < -0.3 is 4.74 Å². The fourth-order valence-electron chi connectivity index (χ4n) is 3.09. The van der Waals surface area contributed by atoms with Crippen LogP contribution in [0.25, 0.3) is 0 Å². The standard InChI is InChI=1S/C14H26O/c1-2-14-12-10-8-6-4-3-5-7-9-11-13(14)15-14/h13H,2-12H2,1H3. The Bertz CT molecular complexity index is 190. The summed E-state index contributed by atoms with van der Waals surface area (Å²) < 4.78 is 5.97. The molecular weight excluding hydrogens is 184 g/mol. The van der Waals surface area contributed by atoms with Crippen LogP contribution in [-0.4, -0.2) is 11.7 Å². The van der Waals surface area contributed by atoms with Crippen LogP contribution in [0, 0.1) is 0 Å². The van der Waals surface area contributed by atoms with Gasteiger partial charge >= 0.3 is 0 Å². The Hall–Kier alpha value is -0.0400. The number of epoxide rings is 1. The van der Waals surface area contributed by atoms with Crippen LogP contribution in [0.4, 0.5) is 0 Å². The first-order valence-corrected chi connectivity index (χ1v) is 7.05. The molecule has 2 fully saturated rings. The molecule has 0 bridgehead atoms. The fraction of sp³-hybridized carbons (Fsp3) is 1.00. The molecule has 0 aromatic heterocycles. The van der Waals surface area contributed by atoms with Crippen molar-refractivity contribution in [2.75, 3.05) is 0 Å². The lowest BCUT2D eigenvalue weighted by Crippen LogP contribution is -2.14. The largest absolute Gasteiger partial charge is 0.366 e. The van der Waals surface area contributed by atoms with E-state index in [1.165, 1.54) is 70.6 Å². The van der Waals surface area contributed by atoms with E-state index in [0.717, 1.165) is 0 Å². The lowest BCUT2D eigenvalue weighted by Gasteiger charge is -2.11. The number of hydrogen-bond donors (Lipinski definition) is 0. The molecule has 2 rings (SSSR count). The maximum absolute atomic E-state index is 5.97. The molecule has 0 aromatic rings. The van der Waals surface area contributed by atoms with E-state index in [1.807, 2.05) is 0 Å². The summed E-state index contributed by atoms with van der Waals surface area (Å²) in [6.45, 7) is 2.30. The fourth-order valence-corrected chi connectivity index (χ4v) is 3.09. The highest BCUT2D eigenvalue weighted by molar-refractivity contribution is 5.01. The van der Waals surface area contributed by atoms with Gasteiger partial charge in [-0.2, -0.15) is 0 Å². The summed E-state index contributed by atoms with van der Waals surface area (Å²) in [5, 5.41) is 0. The van der Waals surface area contributed by atoms with Gasteiger partial charge in [-0.05, 0) is 19.3 Å². The van der Waals surface area contributed by atoms with E-state index < -0.39 is 0 Å². The van der Waals surface area contributed by atoms with E-state index >= 15 is 0 Å². The van der Waals surface area contributed by atoms with Gasteiger partial charge in [0.1, 0.15) is 0 Å². The van der Waals surface area contributed by atoms with Crippen molar-refractivity contribution >= 4 is 0 Å². The molecule has 0 aromatic carbocycles. The molecule has 88 valence electrons. The van der Waals surface area contributed by atoms with Crippen molar-refractivity contribution < 1.29 is 4.74 Å². The van der Waals surface area contributed by atoms with Gasteiger partial charge in [-0.15, -0.1) is 0 Å². The molecule has 1 nitrogen and oxygen atoms in total. The molecule has 0 radical (unpaired) electrons. The van der Waals surface area contributed by atoms with Crippen molar-refractivity contribution in [1.29, 1.82) is 0 Å². The van der Waals surface area contributed by atoms with Gasteiger partial charge in [0.25, 0.3) is 0 Å². The van der Waals surface area contributed by atoms with Gasteiger partial charge in [-0.25, -0.2) is 0 Å². The highest BCUT2D eigenvalue weighted by Crippen LogP contribution is 2.46. The zero-order valence-electron chi connectivity index (χ0n) is 10.3. The van der Waals surface area contributed by atoms with Crippen LogP contribution in [0.3, 0.4) is 0 Å². The van der Waals surface area contributed by atoms with Crippen molar-refractivity contribution in [3.8, 4) is 0 Å². The molecule has 0 spiro atoms. The predicted octanol–water partition coefficient (Wildman–Crippen LogP) is 4.45. The van der Waals surface area contributed by atoms with Gasteiger partial charge in [0, 0.05) is 0 Å². The highest BCUT2D eigenvalue weighted by atomic mass is 16.6. The average Bonchev–Trinajstić information content (AvgIpc) is 2.93. The normalized spacial score (nSPS) is 38.6. The van der Waals surface area contributed by atoms with Crippen LogP contribution in [0.5, 0.6) is 0 Å². The third-order valence-corrected chi connectivity index (χ3v) is 4.32. The molecule has 2 aliphatic rings. The third kappa shape index (κ3) is 2.96. The van der Waals surface area contributed by atoms with E-state index in [2.05, 4.69) is 6.92 Å². The van der Waals surface area contributed by atoms with Crippen LogP contribution < -0.4 is 0 Å². The van der Waals surface area contributed by atoms with Crippen molar-refractivity contribution in [3.05, 3.63) is 0 Å². The second kappa shape index (κ2) is 5.34. The maximum atomic E-state index is 5.97. The Morgan fingerprint density at radius 3 is 2.20 bits per heavy atom. The summed E-state index contributed by atoms with van der Waals surface area (Å²) in [6, 6.07) is 0. The van der Waals surface area contributed by atoms with Crippen LogP contribution in [0.1, 0.15) is 77.6 Å². The van der Waals surface area contributed by atoms with Crippen molar-refractivity contribution in [2.45, 2.75) is 89.3 Å². The van der Waals surface area contributed by atoms with Crippen LogP contribution in [-0.2, 0) is 4.74 Å². The Labute approximate surface area is 94.6 Å².